The van der Waals surface area contributed by atoms with E-state index in [0.29, 0.717) is 0 Å². The van der Waals surface area contributed by atoms with Gasteiger partial charge in [0.05, 0.1) is 0 Å². The monoisotopic (exact) mass is 219 g/mol. The molecule has 0 aromatic heterocycles. The summed E-state index contributed by atoms with van der Waals surface area (Å²) in [5.74, 6) is 0.230. The molecule has 0 spiro atoms. The first-order valence-corrected chi connectivity index (χ1v) is 6.38. The maximum Gasteiger partial charge on any atom is 0.230 e. The summed E-state index contributed by atoms with van der Waals surface area (Å²) < 4.78 is 0. The van der Waals surface area contributed by atoms with Crippen LogP contribution >= 0.6 is 0 Å². The fourth-order valence-corrected chi connectivity index (χ4v) is 2.56. The summed E-state index contributed by atoms with van der Waals surface area (Å²) in [5.41, 5.74) is 0.958. The SMILES string of the molecule is CC1(C(=O)NC2=CC=CCC2)CCCCC1. The summed E-state index contributed by atoms with van der Waals surface area (Å²) >= 11 is 0. The molecule has 2 aliphatic rings. The Kier molecular flexibility index (Phi) is 3.47. The lowest BCUT2D eigenvalue weighted by atomic mass is 9.75. The Hall–Kier alpha value is -1.05. The highest BCUT2D eigenvalue weighted by Crippen LogP contribution is 2.36. The van der Waals surface area contributed by atoms with Gasteiger partial charge in [0.1, 0.15) is 0 Å². The molecule has 2 heteroatoms. The van der Waals surface area contributed by atoms with E-state index in [4.69, 9.17) is 0 Å². The van der Waals surface area contributed by atoms with E-state index < -0.39 is 0 Å². The van der Waals surface area contributed by atoms with Gasteiger partial charge in [-0.05, 0) is 31.8 Å². The topological polar surface area (TPSA) is 29.1 Å². The molecule has 0 unspecified atom stereocenters. The van der Waals surface area contributed by atoms with Crippen LogP contribution in [0.15, 0.2) is 23.9 Å². The largest absolute Gasteiger partial charge is 0.329 e. The third-order valence-electron chi connectivity index (χ3n) is 3.79. The van der Waals surface area contributed by atoms with Crippen LogP contribution in [-0.2, 0) is 4.79 Å². The first kappa shape index (κ1) is 11.4. The summed E-state index contributed by atoms with van der Waals surface area (Å²) in [7, 11) is 0. The van der Waals surface area contributed by atoms with Crippen LogP contribution in [0.3, 0.4) is 0 Å². The van der Waals surface area contributed by atoms with Crippen LogP contribution in [0, 0.1) is 5.41 Å². The zero-order valence-corrected chi connectivity index (χ0v) is 10.1. The van der Waals surface area contributed by atoms with Gasteiger partial charge in [-0.25, -0.2) is 0 Å². The van der Waals surface area contributed by atoms with Crippen LogP contribution in [0.25, 0.3) is 0 Å². The number of rotatable bonds is 2. The molecular formula is C14H21NO. The predicted octanol–water partition coefficient (Wildman–Crippen LogP) is 3.31. The van der Waals surface area contributed by atoms with Gasteiger partial charge in [0, 0.05) is 11.1 Å². The summed E-state index contributed by atoms with van der Waals surface area (Å²) in [6.45, 7) is 2.11. The molecule has 1 fully saturated rings. The van der Waals surface area contributed by atoms with Crippen LogP contribution in [0.5, 0.6) is 0 Å². The third kappa shape index (κ3) is 2.55. The summed E-state index contributed by atoms with van der Waals surface area (Å²) in [5, 5.41) is 3.10. The Balaban J connectivity index is 1.96. The normalized spacial score (nSPS) is 23.7. The lowest BCUT2D eigenvalue weighted by Gasteiger charge is -2.32. The number of amides is 1. The average molecular weight is 219 g/mol. The standard InChI is InChI=1S/C14H21NO/c1-14(10-6-3-7-11-14)13(16)15-12-8-4-2-5-9-12/h2,4,8H,3,5-7,9-11H2,1H3,(H,15,16). The number of hydrogen-bond donors (Lipinski definition) is 1. The Labute approximate surface area is 97.8 Å². The molecule has 2 aliphatic carbocycles. The van der Waals surface area contributed by atoms with Gasteiger partial charge in [0.2, 0.25) is 5.91 Å². The molecule has 0 aromatic carbocycles. The first-order valence-electron chi connectivity index (χ1n) is 6.38. The molecule has 2 rings (SSSR count). The first-order chi connectivity index (χ1) is 7.71. The summed E-state index contributed by atoms with van der Waals surface area (Å²) in [6.07, 6.45) is 14.0. The van der Waals surface area contributed by atoms with Crippen LogP contribution in [0.2, 0.25) is 0 Å². The molecule has 0 aliphatic heterocycles. The molecule has 0 bridgehead atoms. The van der Waals surface area contributed by atoms with Gasteiger partial charge in [-0.1, -0.05) is 38.3 Å². The van der Waals surface area contributed by atoms with E-state index in [1.165, 1.54) is 19.3 Å². The van der Waals surface area contributed by atoms with Crippen molar-refractivity contribution in [1.29, 1.82) is 0 Å². The highest BCUT2D eigenvalue weighted by molar-refractivity contribution is 5.83. The van der Waals surface area contributed by atoms with E-state index >= 15 is 0 Å². The van der Waals surface area contributed by atoms with Gasteiger partial charge in [0.25, 0.3) is 0 Å². The van der Waals surface area contributed by atoms with Gasteiger partial charge in [0.15, 0.2) is 0 Å². The van der Waals surface area contributed by atoms with Crippen LogP contribution in [-0.4, -0.2) is 5.91 Å². The minimum absolute atomic E-state index is 0.125. The minimum Gasteiger partial charge on any atom is -0.329 e. The number of allylic oxidation sites excluding steroid dienone is 4. The van der Waals surface area contributed by atoms with Crippen molar-refractivity contribution < 1.29 is 4.79 Å². The molecule has 1 amide bonds. The lowest BCUT2D eigenvalue weighted by molar-refractivity contribution is -0.131. The van der Waals surface area contributed by atoms with Crippen LogP contribution < -0.4 is 5.32 Å². The Morgan fingerprint density at radius 1 is 1.31 bits per heavy atom. The van der Waals surface area contributed by atoms with E-state index in [0.717, 1.165) is 31.4 Å². The molecule has 0 heterocycles. The van der Waals surface area contributed by atoms with Crippen LogP contribution in [0.1, 0.15) is 51.9 Å². The Bertz CT molecular complexity index is 322. The van der Waals surface area contributed by atoms with Crippen molar-refractivity contribution in [1.82, 2.24) is 5.32 Å². The fraction of sp³-hybridized carbons (Fsp3) is 0.643. The van der Waals surface area contributed by atoms with E-state index in [9.17, 15) is 4.79 Å². The van der Waals surface area contributed by atoms with Crippen LogP contribution in [0.4, 0.5) is 0 Å². The second-order valence-corrected chi connectivity index (χ2v) is 5.23. The van der Waals surface area contributed by atoms with Gasteiger partial charge in [-0.2, -0.15) is 0 Å². The van der Waals surface area contributed by atoms with Gasteiger partial charge in [-0.3, -0.25) is 4.79 Å². The second kappa shape index (κ2) is 4.86. The van der Waals surface area contributed by atoms with Gasteiger partial charge < -0.3 is 5.32 Å². The molecule has 1 N–H and O–H groups in total. The van der Waals surface area contributed by atoms with E-state index in [2.05, 4.69) is 18.3 Å². The Morgan fingerprint density at radius 2 is 2.06 bits per heavy atom. The molecule has 2 nitrogen and oxygen atoms in total. The number of carbonyl (C=O) groups is 1. The molecule has 1 saturated carbocycles. The zero-order chi connectivity index (χ0) is 11.4. The minimum atomic E-state index is -0.125. The number of hydrogen-bond acceptors (Lipinski definition) is 1. The molecular weight excluding hydrogens is 198 g/mol. The maximum atomic E-state index is 12.2. The molecule has 0 atom stereocenters. The van der Waals surface area contributed by atoms with Crippen molar-refractivity contribution in [3.63, 3.8) is 0 Å². The van der Waals surface area contributed by atoms with Crippen molar-refractivity contribution in [3.05, 3.63) is 23.9 Å². The number of nitrogens with one attached hydrogen (secondary N) is 1. The van der Waals surface area contributed by atoms with Gasteiger partial charge >= 0.3 is 0 Å². The quantitative estimate of drug-likeness (QED) is 0.758. The van der Waals surface area contributed by atoms with Crippen molar-refractivity contribution in [2.45, 2.75) is 51.9 Å². The average Bonchev–Trinajstić information content (AvgIpc) is 2.31. The van der Waals surface area contributed by atoms with E-state index in [1.54, 1.807) is 0 Å². The lowest BCUT2D eigenvalue weighted by Crippen LogP contribution is -2.39. The number of carbonyl (C=O) groups excluding carboxylic acids is 1. The fourth-order valence-electron chi connectivity index (χ4n) is 2.56. The highest BCUT2D eigenvalue weighted by atomic mass is 16.2. The van der Waals surface area contributed by atoms with Crippen molar-refractivity contribution in [2.24, 2.45) is 5.41 Å². The molecule has 0 saturated heterocycles. The maximum absolute atomic E-state index is 12.2. The third-order valence-corrected chi connectivity index (χ3v) is 3.79. The van der Waals surface area contributed by atoms with Gasteiger partial charge in [-0.15, -0.1) is 0 Å². The smallest absolute Gasteiger partial charge is 0.230 e. The summed E-state index contributed by atoms with van der Waals surface area (Å²) in [4.78, 5) is 12.2. The molecule has 0 radical (unpaired) electrons. The van der Waals surface area contributed by atoms with Crippen molar-refractivity contribution in [2.75, 3.05) is 0 Å². The highest BCUT2D eigenvalue weighted by Gasteiger charge is 2.34. The molecule has 88 valence electrons. The van der Waals surface area contributed by atoms with Crippen molar-refractivity contribution >= 4 is 5.91 Å². The predicted molar refractivity (Wildman–Crippen MR) is 65.8 cm³/mol. The Morgan fingerprint density at radius 3 is 2.69 bits per heavy atom. The van der Waals surface area contributed by atoms with Crippen molar-refractivity contribution in [3.8, 4) is 0 Å². The molecule has 0 aromatic rings. The summed E-state index contributed by atoms with van der Waals surface area (Å²) in [6, 6.07) is 0. The second-order valence-electron chi connectivity index (χ2n) is 5.23. The van der Waals surface area contributed by atoms with E-state index in [-0.39, 0.29) is 11.3 Å². The van der Waals surface area contributed by atoms with E-state index in [1.807, 2.05) is 12.2 Å². The zero-order valence-electron chi connectivity index (χ0n) is 10.1. The molecule has 16 heavy (non-hydrogen) atoms.